The molecule has 8 nitrogen and oxygen atoms in total. The molecule has 38 heavy (non-hydrogen) atoms. The molecule has 1 aliphatic carbocycles. The molecule has 2 aliphatic rings. The van der Waals surface area contributed by atoms with E-state index in [2.05, 4.69) is 20.9 Å². The van der Waals surface area contributed by atoms with E-state index in [4.69, 9.17) is 11.6 Å². The van der Waals surface area contributed by atoms with Crippen molar-refractivity contribution in [2.24, 2.45) is 5.41 Å². The third-order valence-corrected chi connectivity index (χ3v) is 7.75. The van der Waals surface area contributed by atoms with Gasteiger partial charge in [0.15, 0.2) is 0 Å². The van der Waals surface area contributed by atoms with Crippen LogP contribution in [0.2, 0.25) is 5.02 Å². The van der Waals surface area contributed by atoms with Crippen LogP contribution in [0.4, 0.5) is 21.9 Å². The summed E-state index contributed by atoms with van der Waals surface area (Å²) in [6, 6.07) is 13.1. The number of urea groups is 1. The molecule has 204 valence electrons. The lowest BCUT2D eigenvalue weighted by Gasteiger charge is -2.36. The van der Waals surface area contributed by atoms with Crippen molar-refractivity contribution in [3.63, 3.8) is 0 Å². The van der Waals surface area contributed by atoms with E-state index in [0.29, 0.717) is 55.4 Å². The maximum atomic E-state index is 13.3. The second kappa shape index (κ2) is 11.2. The van der Waals surface area contributed by atoms with E-state index < -0.39 is 11.0 Å². The van der Waals surface area contributed by atoms with Crippen LogP contribution in [0.5, 0.6) is 0 Å². The number of carbonyl (C=O) groups is 3. The molecule has 3 N–H and O–H groups in total. The Kier molecular flexibility index (Phi) is 8.21. The molecule has 0 aromatic heterocycles. The fourth-order valence-electron chi connectivity index (χ4n) is 4.94. The number of benzene rings is 2. The standard InChI is InChI=1S/C29H38ClN5O3/c1-20-8-7-9-23(30)24(20)32-27(38)35-18-16-34(17-19-35)22-12-10-21(11-13-22)31-26(37)29(14-5-6-15-29)33-25(36)28(2,3)4/h7-13H,5-6,14-19H2,1-4H3,(H,31,37)(H,32,38)(H,33,36). The van der Waals surface area contributed by atoms with Crippen molar-refractivity contribution in [1.29, 1.82) is 0 Å². The Labute approximate surface area is 230 Å². The van der Waals surface area contributed by atoms with Gasteiger partial charge in [-0.25, -0.2) is 4.79 Å². The van der Waals surface area contributed by atoms with E-state index >= 15 is 0 Å². The van der Waals surface area contributed by atoms with Gasteiger partial charge < -0.3 is 25.8 Å². The number of anilines is 3. The van der Waals surface area contributed by atoms with E-state index in [0.717, 1.165) is 24.1 Å². The lowest BCUT2D eigenvalue weighted by molar-refractivity contribution is -0.135. The third-order valence-electron chi connectivity index (χ3n) is 7.44. The van der Waals surface area contributed by atoms with Crippen molar-refractivity contribution in [2.75, 3.05) is 41.7 Å². The highest BCUT2D eigenvalue weighted by molar-refractivity contribution is 6.33. The van der Waals surface area contributed by atoms with Crippen LogP contribution in [0.1, 0.15) is 52.0 Å². The van der Waals surface area contributed by atoms with Gasteiger partial charge in [-0.1, -0.05) is 57.3 Å². The Balaban J connectivity index is 1.32. The molecule has 0 unspecified atom stereocenters. The van der Waals surface area contributed by atoms with Crippen LogP contribution in [0.3, 0.4) is 0 Å². The summed E-state index contributed by atoms with van der Waals surface area (Å²) in [5.74, 6) is -0.270. The summed E-state index contributed by atoms with van der Waals surface area (Å²) in [7, 11) is 0. The second-order valence-electron chi connectivity index (χ2n) is 11.3. The van der Waals surface area contributed by atoms with Crippen LogP contribution >= 0.6 is 11.6 Å². The summed E-state index contributed by atoms with van der Waals surface area (Å²) in [5.41, 5.74) is 1.88. The van der Waals surface area contributed by atoms with Gasteiger partial charge in [-0.05, 0) is 55.7 Å². The first-order valence-corrected chi connectivity index (χ1v) is 13.7. The number of nitrogens with one attached hydrogen (secondary N) is 3. The Morgan fingerprint density at radius 2 is 1.53 bits per heavy atom. The van der Waals surface area contributed by atoms with E-state index in [1.807, 2.05) is 64.1 Å². The monoisotopic (exact) mass is 539 g/mol. The lowest BCUT2D eigenvalue weighted by Crippen LogP contribution is -2.57. The van der Waals surface area contributed by atoms with E-state index in [9.17, 15) is 14.4 Å². The smallest absolute Gasteiger partial charge is 0.322 e. The number of halogens is 1. The van der Waals surface area contributed by atoms with E-state index in [1.54, 1.807) is 11.0 Å². The Morgan fingerprint density at radius 1 is 0.895 bits per heavy atom. The van der Waals surface area contributed by atoms with Crippen molar-refractivity contribution >= 4 is 46.5 Å². The topological polar surface area (TPSA) is 93.8 Å². The number of hydrogen-bond acceptors (Lipinski definition) is 4. The van der Waals surface area contributed by atoms with Crippen LogP contribution < -0.4 is 20.9 Å². The Hall–Kier alpha value is -3.26. The van der Waals surface area contributed by atoms with Crippen LogP contribution in [0.15, 0.2) is 42.5 Å². The second-order valence-corrected chi connectivity index (χ2v) is 11.7. The molecule has 2 fully saturated rings. The van der Waals surface area contributed by atoms with Gasteiger partial charge in [-0.2, -0.15) is 0 Å². The zero-order chi connectivity index (χ0) is 27.5. The first-order valence-electron chi connectivity index (χ1n) is 13.3. The summed E-state index contributed by atoms with van der Waals surface area (Å²) >= 11 is 6.26. The molecular weight excluding hydrogens is 502 g/mol. The van der Waals surface area contributed by atoms with Gasteiger partial charge in [-0.3, -0.25) is 9.59 Å². The summed E-state index contributed by atoms with van der Waals surface area (Å²) in [6.45, 7) is 10.1. The van der Waals surface area contributed by atoms with E-state index in [-0.39, 0.29) is 17.8 Å². The lowest BCUT2D eigenvalue weighted by atomic mass is 9.90. The normalized spacial score (nSPS) is 17.2. The van der Waals surface area contributed by atoms with Crippen molar-refractivity contribution < 1.29 is 14.4 Å². The highest BCUT2D eigenvalue weighted by atomic mass is 35.5. The van der Waals surface area contributed by atoms with Gasteiger partial charge in [0.2, 0.25) is 11.8 Å². The number of carbonyl (C=O) groups excluding carboxylic acids is 3. The molecule has 4 rings (SSSR count). The minimum absolute atomic E-state index is 0.111. The summed E-state index contributed by atoms with van der Waals surface area (Å²) in [5, 5.41) is 9.54. The van der Waals surface area contributed by atoms with Crippen LogP contribution in [-0.2, 0) is 9.59 Å². The molecule has 1 saturated heterocycles. The van der Waals surface area contributed by atoms with Crippen molar-refractivity contribution in [3.05, 3.63) is 53.1 Å². The molecule has 0 radical (unpaired) electrons. The Bertz CT molecular complexity index is 1160. The van der Waals surface area contributed by atoms with Crippen molar-refractivity contribution in [2.45, 2.75) is 58.9 Å². The largest absolute Gasteiger partial charge is 0.368 e. The Morgan fingerprint density at radius 3 is 2.11 bits per heavy atom. The number of piperazine rings is 1. The zero-order valence-electron chi connectivity index (χ0n) is 22.7. The van der Waals surface area contributed by atoms with Crippen LogP contribution in [-0.4, -0.2) is 54.5 Å². The van der Waals surface area contributed by atoms with E-state index in [1.165, 1.54) is 0 Å². The maximum absolute atomic E-state index is 13.3. The van der Waals surface area contributed by atoms with Crippen molar-refractivity contribution in [3.8, 4) is 0 Å². The predicted molar refractivity (Wildman–Crippen MR) is 153 cm³/mol. The average molecular weight is 540 g/mol. The molecule has 1 aliphatic heterocycles. The van der Waals surface area contributed by atoms with Gasteiger partial charge in [0.05, 0.1) is 10.7 Å². The fourth-order valence-corrected chi connectivity index (χ4v) is 5.21. The molecule has 2 aromatic carbocycles. The van der Waals surface area contributed by atoms with Crippen LogP contribution in [0.25, 0.3) is 0 Å². The summed E-state index contributed by atoms with van der Waals surface area (Å²) in [4.78, 5) is 42.7. The molecule has 1 heterocycles. The minimum Gasteiger partial charge on any atom is -0.368 e. The van der Waals surface area contributed by atoms with Gasteiger partial charge in [0, 0.05) is 43.0 Å². The quantitative estimate of drug-likeness (QED) is 0.473. The fraction of sp³-hybridized carbons (Fsp3) is 0.483. The van der Waals surface area contributed by atoms with Gasteiger partial charge in [0.1, 0.15) is 5.54 Å². The molecule has 1 saturated carbocycles. The highest BCUT2D eigenvalue weighted by Crippen LogP contribution is 2.33. The predicted octanol–water partition coefficient (Wildman–Crippen LogP) is 5.42. The molecule has 0 atom stereocenters. The van der Waals surface area contributed by atoms with Crippen LogP contribution in [0, 0.1) is 12.3 Å². The number of hydrogen-bond donors (Lipinski definition) is 3. The first-order chi connectivity index (χ1) is 18.0. The molecule has 4 amide bonds. The average Bonchev–Trinajstić information content (AvgIpc) is 3.36. The molecule has 2 aromatic rings. The van der Waals surface area contributed by atoms with Gasteiger partial charge in [-0.15, -0.1) is 0 Å². The third kappa shape index (κ3) is 6.23. The zero-order valence-corrected chi connectivity index (χ0v) is 23.5. The van der Waals surface area contributed by atoms with Crippen molar-refractivity contribution in [1.82, 2.24) is 10.2 Å². The first kappa shape index (κ1) is 27.8. The maximum Gasteiger partial charge on any atom is 0.322 e. The summed E-state index contributed by atoms with van der Waals surface area (Å²) < 4.78 is 0. The summed E-state index contributed by atoms with van der Waals surface area (Å²) in [6.07, 6.45) is 3.12. The number of para-hydroxylation sites is 1. The number of nitrogens with zero attached hydrogens (tertiary/aromatic N) is 2. The minimum atomic E-state index is -0.859. The molecule has 0 bridgehead atoms. The molecule has 0 spiro atoms. The number of amides is 4. The van der Waals surface area contributed by atoms with Gasteiger partial charge in [0.25, 0.3) is 0 Å². The SMILES string of the molecule is Cc1cccc(Cl)c1NC(=O)N1CCN(c2ccc(NC(=O)C3(NC(=O)C(C)(C)C)CCCC3)cc2)CC1. The highest BCUT2D eigenvalue weighted by Gasteiger charge is 2.44. The molecule has 9 heteroatoms. The van der Waals surface area contributed by atoms with Gasteiger partial charge >= 0.3 is 6.03 Å². The number of rotatable bonds is 5. The number of aryl methyl sites for hydroxylation is 1. The molecular formula is C29H38ClN5O3.